The molecule has 2 atom stereocenters. The first kappa shape index (κ1) is 16.3. The van der Waals surface area contributed by atoms with Gasteiger partial charge in [-0.1, -0.05) is 30.2 Å². The molecule has 1 heterocycles. The SMILES string of the molecule is CC(Cc1ccc(Cl)cc1)N1CCCCC1CCC(=O)O. The Kier molecular flexibility index (Phi) is 6.07. The van der Waals surface area contributed by atoms with Crippen molar-refractivity contribution in [2.45, 2.75) is 57.5 Å². The maximum Gasteiger partial charge on any atom is 0.303 e. The summed E-state index contributed by atoms with van der Waals surface area (Å²) in [5.74, 6) is -0.689. The molecule has 1 fully saturated rings. The van der Waals surface area contributed by atoms with Gasteiger partial charge in [0.15, 0.2) is 0 Å². The fourth-order valence-corrected chi connectivity index (χ4v) is 3.41. The Morgan fingerprint density at radius 1 is 1.38 bits per heavy atom. The van der Waals surface area contributed by atoms with Crippen molar-refractivity contribution < 1.29 is 9.90 Å². The van der Waals surface area contributed by atoms with E-state index in [1.807, 2.05) is 12.1 Å². The molecule has 0 aromatic heterocycles. The van der Waals surface area contributed by atoms with Crippen LogP contribution >= 0.6 is 11.6 Å². The van der Waals surface area contributed by atoms with E-state index in [2.05, 4.69) is 24.0 Å². The van der Waals surface area contributed by atoms with Gasteiger partial charge in [0.05, 0.1) is 0 Å². The lowest BCUT2D eigenvalue weighted by atomic mass is 9.94. The van der Waals surface area contributed by atoms with Crippen LogP contribution in [0.1, 0.15) is 44.6 Å². The van der Waals surface area contributed by atoms with Crippen LogP contribution in [0.15, 0.2) is 24.3 Å². The molecular weight excluding hydrogens is 286 g/mol. The van der Waals surface area contributed by atoms with Crippen LogP contribution in [0.5, 0.6) is 0 Å². The average molecular weight is 310 g/mol. The van der Waals surface area contributed by atoms with Crippen molar-refractivity contribution in [2.24, 2.45) is 0 Å². The molecule has 3 nitrogen and oxygen atoms in total. The van der Waals surface area contributed by atoms with Gasteiger partial charge >= 0.3 is 5.97 Å². The molecule has 4 heteroatoms. The minimum Gasteiger partial charge on any atom is -0.481 e. The second kappa shape index (κ2) is 7.81. The summed E-state index contributed by atoms with van der Waals surface area (Å²) in [4.78, 5) is 13.3. The number of carboxylic acids is 1. The molecule has 21 heavy (non-hydrogen) atoms. The molecule has 0 aliphatic carbocycles. The molecule has 2 unspecified atom stereocenters. The average Bonchev–Trinajstić information content (AvgIpc) is 2.47. The van der Waals surface area contributed by atoms with Crippen molar-refractivity contribution in [3.8, 4) is 0 Å². The summed E-state index contributed by atoms with van der Waals surface area (Å²) in [7, 11) is 0. The number of aliphatic carboxylic acids is 1. The van der Waals surface area contributed by atoms with E-state index in [9.17, 15) is 4.79 Å². The Hall–Kier alpha value is -1.06. The molecule has 0 radical (unpaired) electrons. The number of likely N-dealkylation sites (tertiary alicyclic amines) is 1. The summed E-state index contributed by atoms with van der Waals surface area (Å²) in [6.45, 7) is 3.33. The maximum atomic E-state index is 10.8. The maximum absolute atomic E-state index is 10.8. The number of rotatable bonds is 6. The lowest BCUT2D eigenvalue weighted by Crippen LogP contribution is -2.46. The fourth-order valence-electron chi connectivity index (χ4n) is 3.28. The van der Waals surface area contributed by atoms with Crippen molar-refractivity contribution in [2.75, 3.05) is 6.54 Å². The first-order chi connectivity index (χ1) is 10.1. The smallest absolute Gasteiger partial charge is 0.303 e. The second-order valence-corrected chi connectivity index (χ2v) is 6.44. The Labute approximate surface area is 131 Å². The third-order valence-electron chi connectivity index (χ3n) is 4.37. The van der Waals surface area contributed by atoms with E-state index in [0.29, 0.717) is 12.1 Å². The van der Waals surface area contributed by atoms with Crippen molar-refractivity contribution in [1.82, 2.24) is 4.90 Å². The van der Waals surface area contributed by atoms with Gasteiger partial charge in [0.25, 0.3) is 0 Å². The van der Waals surface area contributed by atoms with Gasteiger partial charge in [-0.05, 0) is 56.8 Å². The molecule has 2 rings (SSSR count). The fraction of sp³-hybridized carbons (Fsp3) is 0.588. The zero-order chi connectivity index (χ0) is 15.2. The molecule has 1 saturated heterocycles. The van der Waals surface area contributed by atoms with Crippen LogP contribution < -0.4 is 0 Å². The molecule has 0 amide bonds. The quantitative estimate of drug-likeness (QED) is 0.863. The summed E-state index contributed by atoms with van der Waals surface area (Å²) in [6, 6.07) is 8.87. The minimum atomic E-state index is -0.689. The minimum absolute atomic E-state index is 0.273. The summed E-state index contributed by atoms with van der Waals surface area (Å²) in [5.41, 5.74) is 1.29. The second-order valence-electron chi connectivity index (χ2n) is 6.00. The van der Waals surface area contributed by atoms with Crippen LogP contribution in [0, 0.1) is 0 Å². The van der Waals surface area contributed by atoms with Crippen LogP contribution in [-0.4, -0.2) is 34.6 Å². The van der Waals surface area contributed by atoms with Gasteiger partial charge in [-0.3, -0.25) is 9.69 Å². The Balaban J connectivity index is 1.95. The Bertz CT molecular complexity index is 460. The molecule has 0 bridgehead atoms. The van der Waals surface area contributed by atoms with Crippen LogP contribution in [-0.2, 0) is 11.2 Å². The van der Waals surface area contributed by atoms with Gasteiger partial charge in [0.1, 0.15) is 0 Å². The van der Waals surface area contributed by atoms with Gasteiger partial charge in [-0.25, -0.2) is 0 Å². The lowest BCUT2D eigenvalue weighted by Gasteiger charge is -2.40. The third kappa shape index (κ3) is 5.01. The number of benzene rings is 1. The molecule has 1 aromatic carbocycles. The molecule has 1 N–H and O–H groups in total. The zero-order valence-electron chi connectivity index (χ0n) is 12.6. The third-order valence-corrected chi connectivity index (χ3v) is 4.63. The van der Waals surface area contributed by atoms with Gasteiger partial charge < -0.3 is 5.11 Å². The first-order valence-corrected chi connectivity index (χ1v) is 8.16. The standard InChI is InChI=1S/C17H24ClNO2/c1-13(12-14-5-7-15(18)8-6-14)19-11-3-2-4-16(19)9-10-17(20)21/h5-8,13,16H,2-4,9-12H2,1H3,(H,20,21). The predicted molar refractivity (Wildman–Crippen MR) is 85.8 cm³/mol. The monoisotopic (exact) mass is 309 g/mol. The van der Waals surface area contributed by atoms with Crippen molar-refractivity contribution in [1.29, 1.82) is 0 Å². The van der Waals surface area contributed by atoms with Crippen molar-refractivity contribution in [3.05, 3.63) is 34.9 Å². The number of piperidine rings is 1. The first-order valence-electron chi connectivity index (χ1n) is 7.78. The molecule has 1 aliphatic heterocycles. The van der Waals surface area contributed by atoms with E-state index in [-0.39, 0.29) is 6.42 Å². The van der Waals surface area contributed by atoms with Crippen molar-refractivity contribution >= 4 is 17.6 Å². The molecule has 1 aromatic rings. The van der Waals surface area contributed by atoms with Crippen LogP contribution in [0.4, 0.5) is 0 Å². The Morgan fingerprint density at radius 3 is 2.76 bits per heavy atom. The number of nitrogens with zero attached hydrogens (tertiary/aromatic N) is 1. The summed E-state index contributed by atoms with van der Waals surface area (Å²) in [5, 5.41) is 9.67. The molecular formula is C17H24ClNO2. The lowest BCUT2D eigenvalue weighted by molar-refractivity contribution is -0.137. The van der Waals surface area contributed by atoms with E-state index < -0.39 is 5.97 Å². The highest BCUT2D eigenvalue weighted by Crippen LogP contribution is 2.25. The van der Waals surface area contributed by atoms with E-state index in [1.54, 1.807) is 0 Å². The normalized spacial score (nSPS) is 21.1. The number of hydrogen-bond acceptors (Lipinski definition) is 2. The highest BCUT2D eigenvalue weighted by Gasteiger charge is 2.26. The topological polar surface area (TPSA) is 40.5 Å². The summed E-state index contributed by atoms with van der Waals surface area (Å²) >= 11 is 5.92. The summed E-state index contributed by atoms with van der Waals surface area (Å²) < 4.78 is 0. The van der Waals surface area contributed by atoms with Crippen LogP contribution in [0.2, 0.25) is 5.02 Å². The largest absolute Gasteiger partial charge is 0.481 e. The number of halogens is 1. The van der Waals surface area contributed by atoms with E-state index >= 15 is 0 Å². The number of hydrogen-bond donors (Lipinski definition) is 1. The van der Waals surface area contributed by atoms with Crippen molar-refractivity contribution in [3.63, 3.8) is 0 Å². The van der Waals surface area contributed by atoms with E-state index in [4.69, 9.17) is 16.7 Å². The molecule has 1 aliphatic rings. The van der Waals surface area contributed by atoms with Crippen LogP contribution in [0.3, 0.4) is 0 Å². The molecule has 116 valence electrons. The zero-order valence-corrected chi connectivity index (χ0v) is 13.4. The molecule has 0 saturated carbocycles. The van der Waals surface area contributed by atoms with E-state index in [0.717, 1.165) is 30.8 Å². The van der Waals surface area contributed by atoms with Crippen LogP contribution in [0.25, 0.3) is 0 Å². The highest BCUT2D eigenvalue weighted by atomic mass is 35.5. The predicted octanol–water partition coefficient (Wildman–Crippen LogP) is 3.99. The number of carbonyl (C=O) groups is 1. The Morgan fingerprint density at radius 2 is 2.10 bits per heavy atom. The van der Waals surface area contributed by atoms with Gasteiger partial charge in [0, 0.05) is 23.5 Å². The molecule has 0 spiro atoms. The highest BCUT2D eigenvalue weighted by molar-refractivity contribution is 6.30. The number of carboxylic acid groups (broad SMARTS) is 1. The van der Waals surface area contributed by atoms with Gasteiger partial charge in [-0.2, -0.15) is 0 Å². The van der Waals surface area contributed by atoms with Gasteiger partial charge in [0.2, 0.25) is 0 Å². The van der Waals surface area contributed by atoms with Gasteiger partial charge in [-0.15, -0.1) is 0 Å². The summed E-state index contributed by atoms with van der Waals surface area (Å²) in [6.07, 6.45) is 5.58. The van der Waals surface area contributed by atoms with E-state index in [1.165, 1.54) is 18.4 Å².